The second kappa shape index (κ2) is 6.51. The summed E-state index contributed by atoms with van der Waals surface area (Å²) in [6, 6.07) is 10.8. The lowest BCUT2D eigenvalue weighted by Crippen LogP contribution is -2.04. The molecule has 2 rings (SSSR count). The zero-order chi connectivity index (χ0) is 15.2. The van der Waals surface area contributed by atoms with Gasteiger partial charge < -0.3 is 15.2 Å². The Morgan fingerprint density at radius 1 is 1.24 bits per heavy atom. The molecule has 0 fully saturated rings. The van der Waals surface area contributed by atoms with Crippen molar-refractivity contribution in [3.8, 4) is 5.75 Å². The van der Waals surface area contributed by atoms with Crippen molar-refractivity contribution in [3.63, 3.8) is 0 Å². The number of phenolic OH excluding ortho intramolecular Hbond substituents is 1. The molecule has 6 heteroatoms. The summed E-state index contributed by atoms with van der Waals surface area (Å²) >= 11 is 0. The first-order valence-electron chi connectivity index (χ1n) is 6.34. The molecule has 2 N–H and O–H groups in total. The maximum atomic E-state index is 11.6. The van der Waals surface area contributed by atoms with Crippen molar-refractivity contribution >= 4 is 23.0 Å². The Labute approximate surface area is 121 Å². The normalized spacial score (nSPS) is 9.95. The molecule has 0 aliphatic rings. The SMILES string of the molecule is CCOC(=O)c1ccc(Nc2ccc(O)cc2)c(N=O)c1. The van der Waals surface area contributed by atoms with Crippen molar-refractivity contribution in [2.75, 3.05) is 11.9 Å². The highest BCUT2D eigenvalue weighted by Crippen LogP contribution is 2.29. The summed E-state index contributed by atoms with van der Waals surface area (Å²) in [5, 5.41) is 15.1. The number of hydrogen-bond acceptors (Lipinski definition) is 6. The summed E-state index contributed by atoms with van der Waals surface area (Å²) in [7, 11) is 0. The van der Waals surface area contributed by atoms with Gasteiger partial charge in [0.15, 0.2) is 0 Å². The van der Waals surface area contributed by atoms with Gasteiger partial charge in [-0.15, -0.1) is 4.91 Å². The molecule has 0 aliphatic carbocycles. The van der Waals surface area contributed by atoms with Crippen LogP contribution >= 0.6 is 0 Å². The fourth-order valence-electron chi connectivity index (χ4n) is 1.75. The van der Waals surface area contributed by atoms with Gasteiger partial charge in [0.2, 0.25) is 0 Å². The van der Waals surface area contributed by atoms with Gasteiger partial charge in [-0.25, -0.2) is 4.79 Å². The molecule has 0 saturated heterocycles. The number of nitrogens with one attached hydrogen (secondary N) is 1. The van der Waals surface area contributed by atoms with Gasteiger partial charge in [0.1, 0.15) is 11.4 Å². The Kier molecular flexibility index (Phi) is 4.50. The van der Waals surface area contributed by atoms with Crippen LogP contribution in [0.1, 0.15) is 17.3 Å². The van der Waals surface area contributed by atoms with Crippen molar-refractivity contribution in [1.82, 2.24) is 0 Å². The molecular weight excluding hydrogens is 272 g/mol. The number of nitroso groups, excluding NO2 is 1. The average Bonchev–Trinajstić information content (AvgIpc) is 2.50. The predicted molar refractivity (Wildman–Crippen MR) is 79.2 cm³/mol. The first kappa shape index (κ1) is 14.5. The summed E-state index contributed by atoms with van der Waals surface area (Å²) in [4.78, 5) is 22.5. The second-order valence-corrected chi connectivity index (χ2v) is 4.22. The van der Waals surface area contributed by atoms with Gasteiger partial charge in [-0.05, 0) is 54.6 Å². The fourth-order valence-corrected chi connectivity index (χ4v) is 1.75. The molecule has 0 spiro atoms. The van der Waals surface area contributed by atoms with Gasteiger partial charge in [0.05, 0.1) is 17.9 Å². The van der Waals surface area contributed by atoms with Crippen molar-refractivity contribution in [3.05, 3.63) is 52.9 Å². The minimum absolute atomic E-state index is 0.105. The summed E-state index contributed by atoms with van der Waals surface area (Å²) in [6.45, 7) is 1.97. The number of rotatable bonds is 5. The highest BCUT2D eigenvalue weighted by molar-refractivity contribution is 5.92. The van der Waals surface area contributed by atoms with Gasteiger partial charge in [-0.3, -0.25) is 0 Å². The van der Waals surface area contributed by atoms with E-state index in [1.54, 1.807) is 31.2 Å². The highest BCUT2D eigenvalue weighted by Gasteiger charge is 2.11. The molecular formula is C15H14N2O4. The lowest BCUT2D eigenvalue weighted by atomic mass is 10.1. The maximum absolute atomic E-state index is 11.6. The van der Waals surface area contributed by atoms with E-state index in [2.05, 4.69) is 10.5 Å². The number of esters is 1. The molecule has 0 heterocycles. The van der Waals surface area contributed by atoms with Crippen molar-refractivity contribution < 1.29 is 14.6 Å². The Morgan fingerprint density at radius 3 is 2.57 bits per heavy atom. The number of aromatic hydroxyl groups is 1. The molecule has 0 bridgehead atoms. The van der Waals surface area contributed by atoms with E-state index in [0.29, 0.717) is 11.4 Å². The summed E-state index contributed by atoms with van der Waals surface area (Å²) in [5.41, 5.74) is 1.52. The van der Waals surface area contributed by atoms with E-state index >= 15 is 0 Å². The van der Waals surface area contributed by atoms with Crippen molar-refractivity contribution in [2.45, 2.75) is 6.92 Å². The predicted octanol–water partition coefficient (Wildman–Crippen LogP) is 3.71. The largest absolute Gasteiger partial charge is 0.508 e. The Hall–Kier alpha value is -2.89. The number of ether oxygens (including phenoxy) is 1. The van der Waals surface area contributed by atoms with Crippen LogP contribution in [0.3, 0.4) is 0 Å². The molecule has 21 heavy (non-hydrogen) atoms. The summed E-state index contributed by atoms with van der Waals surface area (Å²) < 4.78 is 4.87. The number of anilines is 2. The molecule has 0 aliphatic heterocycles. The minimum atomic E-state index is -0.501. The lowest BCUT2D eigenvalue weighted by molar-refractivity contribution is 0.0526. The molecule has 0 saturated carbocycles. The van der Waals surface area contributed by atoms with Crippen LogP contribution in [0.2, 0.25) is 0 Å². The van der Waals surface area contributed by atoms with Crippen LogP contribution in [-0.2, 0) is 4.74 Å². The summed E-state index contributed by atoms with van der Waals surface area (Å²) in [5.74, 6) is -0.356. The van der Waals surface area contributed by atoms with Gasteiger partial charge in [0.25, 0.3) is 0 Å². The Bertz CT molecular complexity index is 653. The van der Waals surface area contributed by atoms with Crippen molar-refractivity contribution in [2.24, 2.45) is 5.18 Å². The van der Waals surface area contributed by atoms with Gasteiger partial charge in [-0.2, -0.15) is 0 Å². The number of carbonyl (C=O) groups is 1. The van der Waals surface area contributed by atoms with Crippen LogP contribution in [-0.4, -0.2) is 17.7 Å². The summed E-state index contributed by atoms with van der Waals surface area (Å²) in [6.07, 6.45) is 0. The van der Waals surface area contributed by atoms with E-state index in [9.17, 15) is 14.8 Å². The van der Waals surface area contributed by atoms with Gasteiger partial charge >= 0.3 is 5.97 Å². The number of carbonyl (C=O) groups excluding carboxylic acids is 1. The quantitative estimate of drug-likeness (QED) is 0.497. The van der Waals surface area contributed by atoms with Crippen LogP contribution in [0.25, 0.3) is 0 Å². The van der Waals surface area contributed by atoms with Crippen LogP contribution in [0.5, 0.6) is 5.75 Å². The van der Waals surface area contributed by atoms with Crippen LogP contribution in [0, 0.1) is 4.91 Å². The maximum Gasteiger partial charge on any atom is 0.338 e. The van der Waals surface area contributed by atoms with E-state index in [-0.39, 0.29) is 23.6 Å². The third-order valence-corrected chi connectivity index (χ3v) is 2.75. The third-order valence-electron chi connectivity index (χ3n) is 2.75. The Balaban J connectivity index is 2.25. The van der Waals surface area contributed by atoms with Crippen molar-refractivity contribution in [1.29, 1.82) is 0 Å². The monoisotopic (exact) mass is 286 g/mol. The second-order valence-electron chi connectivity index (χ2n) is 4.22. The number of phenols is 1. The number of nitrogens with zero attached hydrogens (tertiary/aromatic N) is 1. The first-order chi connectivity index (χ1) is 10.1. The van der Waals surface area contributed by atoms with E-state index in [0.717, 1.165) is 0 Å². The van der Waals surface area contributed by atoms with E-state index in [1.807, 2.05) is 0 Å². The highest BCUT2D eigenvalue weighted by atomic mass is 16.5. The minimum Gasteiger partial charge on any atom is -0.508 e. The fraction of sp³-hybridized carbons (Fsp3) is 0.133. The number of hydrogen-bond donors (Lipinski definition) is 2. The average molecular weight is 286 g/mol. The zero-order valence-electron chi connectivity index (χ0n) is 11.4. The van der Waals surface area contributed by atoms with Gasteiger partial charge in [0, 0.05) is 5.69 Å². The van der Waals surface area contributed by atoms with Gasteiger partial charge in [-0.1, -0.05) is 0 Å². The molecule has 0 atom stereocenters. The van der Waals surface area contributed by atoms with E-state index in [4.69, 9.17) is 4.74 Å². The Morgan fingerprint density at radius 2 is 1.95 bits per heavy atom. The molecule has 0 radical (unpaired) electrons. The molecule has 2 aromatic carbocycles. The molecule has 6 nitrogen and oxygen atoms in total. The lowest BCUT2D eigenvalue weighted by Gasteiger charge is -2.09. The molecule has 0 aromatic heterocycles. The molecule has 108 valence electrons. The first-order valence-corrected chi connectivity index (χ1v) is 6.34. The molecule has 0 amide bonds. The molecule has 2 aromatic rings. The topological polar surface area (TPSA) is 88.0 Å². The number of benzene rings is 2. The van der Waals surface area contributed by atoms with E-state index in [1.165, 1.54) is 18.2 Å². The van der Waals surface area contributed by atoms with Crippen LogP contribution in [0.4, 0.5) is 17.1 Å². The van der Waals surface area contributed by atoms with E-state index < -0.39 is 5.97 Å². The third kappa shape index (κ3) is 3.56. The van der Waals surface area contributed by atoms with Crippen LogP contribution in [0.15, 0.2) is 47.6 Å². The molecule has 0 unspecified atom stereocenters. The standard InChI is InChI=1S/C15H14N2O4/c1-2-21-15(19)10-3-8-13(14(9-10)17-20)16-11-4-6-12(18)7-5-11/h3-9,16,18H,2H2,1H3. The smallest absolute Gasteiger partial charge is 0.338 e. The zero-order valence-corrected chi connectivity index (χ0v) is 11.4. The van der Waals surface area contributed by atoms with Crippen LogP contribution < -0.4 is 5.32 Å².